The maximum absolute atomic E-state index is 12.2. The van der Waals surface area contributed by atoms with Crippen LogP contribution in [0.15, 0.2) is 18.5 Å². The molecule has 0 aliphatic heterocycles. The number of hydrogen-bond acceptors (Lipinski definition) is 2. The van der Waals surface area contributed by atoms with Gasteiger partial charge in [0, 0.05) is 6.07 Å². The Balaban J connectivity index is 0.000000810. The fraction of sp³-hybridized carbons (Fsp3) is 0. The lowest BCUT2D eigenvalue weighted by atomic mass is 10.4. The van der Waals surface area contributed by atoms with E-state index in [-0.39, 0.29) is 18.1 Å². The summed E-state index contributed by atoms with van der Waals surface area (Å²) >= 11 is 0. The predicted octanol–water partition coefficient (Wildman–Crippen LogP) is 0.463. The van der Waals surface area contributed by atoms with Crippen LogP contribution in [0.25, 0.3) is 0 Å². The zero-order chi connectivity index (χ0) is 6.85. The SMILES string of the molecule is Cl.Nc1c[n+]([O-])ccc1F. The van der Waals surface area contributed by atoms with E-state index >= 15 is 0 Å². The third-order valence-electron chi connectivity index (χ3n) is 0.910. The molecule has 0 atom stereocenters. The molecule has 0 bridgehead atoms. The highest BCUT2D eigenvalue weighted by molar-refractivity contribution is 5.85. The number of nitrogen functional groups attached to an aromatic ring is 1. The van der Waals surface area contributed by atoms with E-state index in [1.54, 1.807) is 0 Å². The second-order valence-electron chi connectivity index (χ2n) is 1.61. The van der Waals surface area contributed by atoms with Gasteiger partial charge < -0.3 is 10.9 Å². The molecule has 0 saturated carbocycles. The Kier molecular flexibility index (Phi) is 2.89. The lowest BCUT2D eigenvalue weighted by Crippen LogP contribution is -2.25. The number of halogens is 2. The Morgan fingerprint density at radius 2 is 2.20 bits per heavy atom. The van der Waals surface area contributed by atoms with Gasteiger partial charge in [0.2, 0.25) is 6.20 Å². The van der Waals surface area contributed by atoms with E-state index in [9.17, 15) is 9.60 Å². The van der Waals surface area contributed by atoms with Crippen molar-refractivity contribution >= 4 is 18.1 Å². The van der Waals surface area contributed by atoms with Crippen LogP contribution < -0.4 is 10.5 Å². The minimum Gasteiger partial charge on any atom is -0.619 e. The molecule has 0 amide bonds. The average molecular weight is 165 g/mol. The summed E-state index contributed by atoms with van der Waals surface area (Å²) in [5, 5.41) is 10.3. The zero-order valence-electron chi connectivity index (χ0n) is 4.95. The van der Waals surface area contributed by atoms with Crippen molar-refractivity contribution in [2.45, 2.75) is 0 Å². The van der Waals surface area contributed by atoms with Gasteiger partial charge in [-0.15, -0.1) is 12.4 Å². The van der Waals surface area contributed by atoms with Gasteiger partial charge in [0.05, 0.1) is 0 Å². The van der Waals surface area contributed by atoms with Crippen LogP contribution in [-0.2, 0) is 0 Å². The highest BCUT2D eigenvalue weighted by atomic mass is 35.5. The molecular weight excluding hydrogens is 159 g/mol. The minimum atomic E-state index is -0.567. The first-order valence-corrected chi connectivity index (χ1v) is 2.34. The second-order valence-corrected chi connectivity index (χ2v) is 1.61. The molecule has 56 valence electrons. The van der Waals surface area contributed by atoms with Gasteiger partial charge in [0.15, 0.2) is 12.0 Å². The molecule has 0 fully saturated rings. The highest BCUT2D eigenvalue weighted by Crippen LogP contribution is 2.02. The third kappa shape index (κ3) is 1.73. The quantitative estimate of drug-likeness (QED) is 0.448. The number of pyridine rings is 1. The minimum absolute atomic E-state index is 0. The van der Waals surface area contributed by atoms with Crippen LogP contribution in [0.3, 0.4) is 0 Å². The van der Waals surface area contributed by atoms with Gasteiger partial charge in [-0.1, -0.05) is 0 Å². The van der Waals surface area contributed by atoms with E-state index in [0.717, 1.165) is 18.5 Å². The normalized spacial score (nSPS) is 8.50. The van der Waals surface area contributed by atoms with Crippen LogP contribution in [0.4, 0.5) is 10.1 Å². The van der Waals surface area contributed by atoms with Crippen LogP contribution in [0.2, 0.25) is 0 Å². The summed E-state index contributed by atoms with van der Waals surface area (Å²) in [4.78, 5) is 0. The fourth-order valence-corrected chi connectivity index (χ4v) is 0.477. The van der Waals surface area contributed by atoms with Crippen LogP contribution in [0, 0.1) is 11.0 Å². The van der Waals surface area contributed by atoms with Crippen molar-refractivity contribution in [1.82, 2.24) is 0 Å². The molecule has 1 aromatic rings. The summed E-state index contributed by atoms with van der Waals surface area (Å²) in [6.45, 7) is 0. The summed E-state index contributed by atoms with van der Waals surface area (Å²) in [6.07, 6.45) is 2.01. The van der Waals surface area contributed by atoms with Gasteiger partial charge in [0.25, 0.3) is 0 Å². The van der Waals surface area contributed by atoms with Crippen molar-refractivity contribution in [3.8, 4) is 0 Å². The Hall–Kier alpha value is -1.03. The van der Waals surface area contributed by atoms with Crippen molar-refractivity contribution in [2.75, 3.05) is 5.73 Å². The van der Waals surface area contributed by atoms with Crippen molar-refractivity contribution in [3.63, 3.8) is 0 Å². The number of rotatable bonds is 0. The van der Waals surface area contributed by atoms with Crippen molar-refractivity contribution < 1.29 is 9.12 Å². The monoisotopic (exact) mass is 164 g/mol. The van der Waals surface area contributed by atoms with Gasteiger partial charge in [0.1, 0.15) is 5.69 Å². The molecule has 1 rings (SSSR count). The summed E-state index contributed by atoms with van der Waals surface area (Å²) in [7, 11) is 0. The van der Waals surface area contributed by atoms with Crippen LogP contribution in [-0.4, -0.2) is 0 Å². The van der Waals surface area contributed by atoms with Crippen molar-refractivity contribution in [3.05, 3.63) is 29.5 Å². The first-order valence-electron chi connectivity index (χ1n) is 2.34. The van der Waals surface area contributed by atoms with E-state index in [1.165, 1.54) is 0 Å². The predicted molar refractivity (Wildman–Crippen MR) is 37.0 cm³/mol. The summed E-state index contributed by atoms with van der Waals surface area (Å²) in [6, 6.07) is 1.02. The van der Waals surface area contributed by atoms with E-state index in [4.69, 9.17) is 5.73 Å². The Morgan fingerprint density at radius 1 is 1.60 bits per heavy atom. The van der Waals surface area contributed by atoms with Crippen molar-refractivity contribution in [2.24, 2.45) is 0 Å². The molecule has 5 heteroatoms. The van der Waals surface area contributed by atoms with E-state index in [2.05, 4.69) is 0 Å². The molecule has 0 aromatic carbocycles. The van der Waals surface area contributed by atoms with E-state index in [1.807, 2.05) is 0 Å². The number of aromatic nitrogens is 1. The lowest BCUT2D eigenvalue weighted by Gasteiger charge is -1.95. The summed E-state index contributed by atoms with van der Waals surface area (Å²) < 4.78 is 12.7. The molecule has 1 heterocycles. The molecule has 10 heavy (non-hydrogen) atoms. The molecule has 3 nitrogen and oxygen atoms in total. The van der Waals surface area contributed by atoms with Gasteiger partial charge in [-0.2, -0.15) is 4.73 Å². The molecule has 0 saturated heterocycles. The van der Waals surface area contributed by atoms with E-state index < -0.39 is 5.82 Å². The Morgan fingerprint density at radius 3 is 2.60 bits per heavy atom. The number of anilines is 1. The maximum Gasteiger partial charge on any atom is 0.206 e. The smallest absolute Gasteiger partial charge is 0.206 e. The van der Waals surface area contributed by atoms with Crippen LogP contribution in [0.1, 0.15) is 0 Å². The number of nitrogens with zero attached hydrogens (tertiary/aromatic N) is 1. The molecule has 0 radical (unpaired) electrons. The lowest BCUT2D eigenvalue weighted by molar-refractivity contribution is -0.604. The van der Waals surface area contributed by atoms with Gasteiger partial charge >= 0.3 is 0 Å². The second kappa shape index (κ2) is 3.22. The van der Waals surface area contributed by atoms with Gasteiger partial charge in [-0.25, -0.2) is 4.39 Å². The Labute approximate surface area is 63.3 Å². The fourth-order valence-electron chi connectivity index (χ4n) is 0.477. The molecular formula is C5H6ClFN2O. The summed E-state index contributed by atoms with van der Waals surface area (Å²) in [5.74, 6) is -0.567. The molecule has 0 unspecified atom stereocenters. The largest absolute Gasteiger partial charge is 0.619 e. The maximum atomic E-state index is 12.2. The molecule has 0 spiro atoms. The number of nitrogens with two attached hydrogens (primary N) is 1. The topological polar surface area (TPSA) is 53.0 Å². The zero-order valence-corrected chi connectivity index (χ0v) is 5.77. The van der Waals surface area contributed by atoms with Crippen molar-refractivity contribution in [1.29, 1.82) is 0 Å². The van der Waals surface area contributed by atoms with Crippen LogP contribution in [0.5, 0.6) is 0 Å². The van der Waals surface area contributed by atoms with Gasteiger partial charge in [-0.3, -0.25) is 0 Å². The Bertz CT molecular complexity index is 231. The van der Waals surface area contributed by atoms with Crippen LogP contribution >= 0.6 is 12.4 Å². The molecule has 2 N–H and O–H groups in total. The first-order chi connectivity index (χ1) is 4.20. The highest BCUT2D eigenvalue weighted by Gasteiger charge is 1.98. The average Bonchev–Trinajstić information content (AvgIpc) is 1.80. The summed E-state index contributed by atoms with van der Waals surface area (Å²) in [5.41, 5.74) is 4.89. The number of hydrogen-bond donors (Lipinski definition) is 1. The third-order valence-corrected chi connectivity index (χ3v) is 0.910. The van der Waals surface area contributed by atoms with Gasteiger partial charge in [-0.05, 0) is 0 Å². The molecule has 0 aliphatic rings. The molecule has 1 aromatic heterocycles. The molecule has 0 aliphatic carbocycles. The standard InChI is InChI=1S/C5H5FN2O.ClH/c6-4-1-2-8(9)3-5(4)7;/h1-3H,7H2;1H. The first kappa shape index (κ1) is 8.97. The van der Waals surface area contributed by atoms with E-state index in [0.29, 0.717) is 4.73 Å².